The maximum atomic E-state index is 13.2. The van der Waals surface area contributed by atoms with Gasteiger partial charge in [-0.1, -0.05) is 44.2 Å². The minimum absolute atomic E-state index is 0.0825. The zero-order valence-corrected chi connectivity index (χ0v) is 24.0. The van der Waals surface area contributed by atoms with Crippen molar-refractivity contribution in [3.63, 3.8) is 0 Å². The molecule has 4 aliphatic rings. The Morgan fingerprint density at radius 3 is 2.07 bits per heavy atom. The molecule has 0 aromatic heterocycles. The van der Waals surface area contributed by atoms with Crippen LogP contribution in [0.2, 0.25) is 0 Å². The normalized spacial score (nSPS) is 24.9. The van der Waals surface area contributed by atoms with Crippen LogP contribution in [-0.2, 0) is 19.8 Å². The van der Waals surface area contributed by atoms with Crippen LogP contribution in [0.4, 0.5) is 4.79 Å². The molecule has 9 heteroatoms. The smallest absolute Gasteiger partial charge is 0.413 e. The molecule has 42 heavy (non-hydrogen) atoms. The third kappa shape index (κ3) is 6.50. The molecular weight excluding hydrogens is 536 g/mol. The van der Waals surface area contributed by atoms with Gasteiger partial charge in [-0.05, 0) is 103 Å². The summed E-state index contributed by atoms with van der Waals surface area (Å²) in [6.45, 7) is 3.00. The highest BCUT2D eigenvalue weighted by Crippen LogP contribution is 2.62. The largest absolute Gasteiger partial charge is 0.480 e. The highest BCUT2D eigenvalue weighted by atomic mass is 16.6. The number of aliphatic carboxylic acids is 2. The predicted octanol–water partition coefficient (Wildman–Crippen LogP) is 5.23. The van der Waals surface area contributed by atoms with Crippen molar-refractivity contribution in [3.8, 4) is 16.9 Å². The number of rotatable bonds is 10. The number of nitrogens with one attached hydrogen (secondary N) is 2. The van der Waals surface area contributed by atoms with E-state index in [-0.39, 0.29) is 11.3 Å². The summed E-state index contributed by atoms with van der Waals surface area (Å²) in [5, 5.41) is 22.8. The van der Waals surface area contributed by atoms with Crippen LogP contribution in [0.15, 0.2) is 48.5 Å². The van der Waals surface area contributed by atoms with Gasteiger partial charge in [-0.15, -0.1) is 0 Å². The lowest BCUT2D eigenvalue weighted by Gasteiger charge is -2.57. The number of hydrogen-bond donors (Lipinski definition) is 4. The molecule has 2 amide bonds. The number of amides is 2. The van der Waals surface area contributed by atoms with Gasteiger partial charge in [-0.25, -0.2) is 9.59 Å². The van der Waals surface area contributed by atoms with Gasteiger partial charge in [0.15, 0.2) is 0 Å². The minimum Gasteiger partial charge on any atom is -0.480 e. The Hall–Kier alpha value is -4.14. The first-order valence-electron chi connectivity index (χ1n) is 14.6. The molecule has 0 spiro atoms. The van der Waals surface area contributed by atoms with E-state index in [0.717, 1.165) is 47.6 Å². The number of hydrogen-bond acceptors (Lipinski definition) is 5. The van der Waals surface area contributed by atoms with Gasteiger partial charge in [0.1, 0.15) is 18.3 Å². The van der Waals surface area contributed by atoms with Gasteiger partial charge < -0.3 is 25.6 Å². The molecule has 0 radical (unpaired) electrons. The van der Waals surface area contributed by atoms with Crippen molar-refractivity contribution in [1.82, 2.24) is 10.6 Å². The molecule has 0 aliphatic heterocycles. The van der Waals surface area contributed by atoms with Crippen molar-refractivity contribution in [2.45, 2.75) is 63.8 Å². The molecular formula is C33H38N2O7. The van der Waals surface area contributed by atoms with E-state index in [0.29, 0.717) is 23.5 Å². The maximum Gasteiger partial charge on any atom is 0.413 e. The summed E-state index contributed by atoms with van der Waals surface area (Å²) in [5.41, 5.74) is 3.67. The number of ether oxygens (including phenoxy) is 1. The van der Waals surface area contributed by atoms with E-state index in [9.17, 15) is 19.2 Å². The number of carbonyl (C=O) groups is 4. The fraction of sp³-hybridized carbons (Fsp3) is 0.455. The SMILES string of the molecule is CC(C)[C@H](NC(=O)Oc1ccc(-c2ccc(/C=C/C(=O)O)cc2)cc1C12CC3CC(CC(C3)C1)C2)C(=O)NCC(=O)O. The second-order valence-corrected chi connectivity index (χ2v) is 12.6. The second kappa shape index (κ2) is 12.0. The van der Waals surface area contributed by atoms with Gasteiger partial charge >= 0.3 is 18.0 Å². The van der Waals surface area contributed by atoms with Crippen LogP contribution < -0.4 is 15.4 Å². The fourth-order valence-corrected chi connectivity index (χ4v) is 7.67. The molecule has 222 valence electrons. The first kappa shape index (κ1) is 29.4. The Balaban J connectivity index is 1.43. The number of benzene rings is 2. The molecule has 6 rings (SSSR count). The Kier molecular flexibility index (Phi) is 8.38. The third-order valence-electron chi connectivity index (χ3n) is 9.09. The lowest BCUT2D eigenvalue weighted by molar-refractivity contribution is -0.138. The van der Waals surface area contributed by atoms with Crippen molar-refractivity contribution < 1.29 is 34.1 Å². The van der Waals surface area contributed by atoms with Gasteiger partial charge in [-0.2, -0.15) is 0 Å². The van der Waals surface area contributed by atoms with E-state index in [1.165, 1.54) is 19.3 Å². The third-order valence-corrected chi connectivity index (χ3v) is 9.09. The van der Waals surface area contributed by atoms with E-state index in [2.05, 4.69) is 16.7 Å². The average Bonchev–Trinajstić information content (AvgIpc) is 2.93. The number of carboxylic acids is 2. The first-order chi connectivity index (χ1) is 20.0. The van der Waals surface area contributed by atoms with Crippen LogP contribution in [0.25, 0.3) is 17.2 Å². The van der Waals surface area contributed by atoms with Crippen LogP contribution in [0.5, 0.6) is 5.75 Å². The monoisotopic (exact) mass is 574 g/mol. The summed E-state index contributed by atoms with van der Waals surface area (Å²) >= 11 is 0. The van der Waals surface area contributed by atoms with Gasteiger partial charge in [0.25, 0.3) is 0 Å². The highest BCUT2D eigenvalue weighted by molar-refractivity contribution is 5.88. The Morgan fingerprint density at radius 1 is 0.929 bits per heavy atom. The van der Waals surface area contributed by atoms with Crippen molar-refractivity contribution >= 4 is 30.0 Å². The first-order valence-corrected chi connectivity index (χ1v) is 14.6. The molecule has 4 fully saturated rings. The Labute approximate surface area is 245 Å². The molecule has 2 aromatic carbocycles. The van der Waals surface area contributed by atoms with Gasteiger partial charge in [-0.3, -0.25) is 9.59 Å². The molecule has 1 atom stereocenters. The van der Waals surface area contributed by atoms with Crippen LogP contribution in [0.3, 0.4) is 0 Å². The van der Waals surface area contributed by atoms with E-state index in [1.54, 1.807) is 19.9 Å². The van der Waals surface area contributed by atoms with Gasteiger partial charge in [0.2, 0.25) is 5.91 Å². The fourth-order valence-electron chi connectivity index (χ4n) is 7.67. The maximum absolute atomic E-state index is 13.2. The molecule has 0 unspecified atom stereocenters. The molecule has 4 saturated carbocycles. The molecule has 0 heterocycles. The van der Waals surface area contributed by atoms with Crippen molar-refractivity contribution in [2.24, 2.45) is 23.7 Å². The zero-order chi connectivity index (χ0) is 30.0. The topological polar surface area (TPSA) is 142 Å². The quantitative estimate of drug-likeness (QED) is 0.285. The number of carboxylic acid groups (broad SMARTS) is 2. The molecule has 9 nitrogen and oxygen atoms in total. The van der Waals surface area contributed by atoms with Crippen LogP contribution >= 0.6 is 0 Å². The lowest BCUT2D eigenvalue weighted by Crippen LogP contribution is -2.51. The molecule has 4 N–H and O–H groups in total. The lowest BCUT2D eigenvalue weighted by atomic mass is 9.48. The van der Waals surface area contributed by atoms with E-state index < -0.39 is 36.5 Å². The Bertz CT molecular complexity index is 1360. The molecule has 4 aliphatic carbocycles. The predicted molar refractivity (Wildman–Crippen MR) is 157 cm³/mol. The summed E-state index contributed by atoms with van der Waals surface area (Å²) in [6, 6.07) is 12.6. The average molecular weight is 575 g/mol. The van der Waals surface area contributed by atoms with Crippen molar-refractivity contribution in [3.05, 3.63) is 59.7 Å². The molecule has 2 aromatic rings. The zero-order valence-electron chi connectivity index (χ0n) is 24.0. The van der Waals surface area contributed by atoms with Crippen molar-refractivity contribution in [1.29, 1.82) is 0 Å². The summed E-state index contributed by atoms with van der Waals surface area (Å²) in [6.07, 6.45) is 8.88. The summed E-state index contributed by atoms with van der Waals surface area (Å²) in [5.74, 6) is -0.542. The van der Waals surface area contributed by atoms with Gasteiger partial charge in [0.05, 0.1) is 0 Å². The number of carbonyl (C=O) groups excluding carboxylic acids is 2. The van der Waals surface area contributed by atoms with Crippen molar-refractivity contribution in [2.75, 3.05) is 6.54 Å². The van der Waals surface area contributed by atoms with E-state index in [1.807, 2.05) is 36.4 Å². The second-order valence-electron chi connectivity index (χ2n) is 12.6. The van der Waals surface area contributed by atoms with Crippen LogP contribution in [0.1, 0.15) is 63.5 Å². The minimum atomic E-state index is -1.17. The standard InChI is InChI=1S/C33H38N2O7/c1-19(2)30(31(40)34-18-29(38)39)35-32(41)42-27-9-8-25(24-6-3-20(4-7-24)5-10-28(36)37)14-26(27)33-15-21-11-22(16-33)13-23(12-21)17-33/h3-10,14,19,21-23,30H,11-13,15-18H2,1-2H3,(H,34,40)(H,35,41)(H,36,37)(H,38,39)/b10-5+/t21?,22?,23?,30-,33?/m0/s1. The molecule has 4 bridgehead atoms. The van der Waals surface area contributed by atoms with E-state index in [4.69, 9.17) is 14.9 Å². The van der Waals surface area contributed by atoms with E-state index >= 15 is 0 Å². The molecule has 0 saturated heterocycles. The van der Waals surface area contributed by atoms with Crippen LogP contribution in [0, 0.1) is 23.7 Å². The summed E-state index contributed by atoms with van der Waals surface area (Å²) in [4.78, 5) is 47.6. The Morgan fingerprint density at radius 2 is 1.52 bits per heavy atom. The highest BCUT2D eigenvalue weighted by Gasteiger charge is 2.52. The summed E-state index contributed by atoms with van der Waals surface area (Å²) in [7, 11) is 0. The van der Waals surface area contributed by atoms with Gasteiger partial charge in [0, 0.05) is 11.6 Å². The summed E-state index contributed by atoms with van der Waals surface area (Å²) < 4.78 is 5.94. The van der Waals surface area contributed by atoms with Crippen LogP contribution in [-0.4, -0.2) is 46.7 Å².